The highest BCUT2D eigenvalue weighted by Gasteiger charge is 2.19. The molecule has 162 valence electrons. The van der Waals surface area contributed by atoms with Gasteiger partial charge in [-0.15, -0.1) is 10.2 Å². The van der Waals surface area contributed by atoms with Gasteiger partial charge in [-0.05, 0) is 31.2 Å². The van der Waals surface area contributed by atoms with Crippen LogP contribution in [0.25, 0.3) is 22.0 Å². The summed E-state index contributed by atoms with van der Waals surface area (Å²) in [5.74, 6) is -0.239. The molecule has 4 rings (SSSR count). The van der Waals surface area contributed by atoms with Crippen molar-refractivity contribution >= 4 is 44.2 Å². The summed E-state index contributed by atoms with van der Waals surface area (Å²) < 4.78 is 22.7. The van der Waals surface area contributed by atoms with E-state index in [1.54, 1.807) is 6.92 Å². The van der Waals surface area contributed by atoms with Crippen molar-refractivity contribution in [1.82, 2.24) is 10.2 Å². The number of thioether (sulfide) groups is 1. The number of amides is 1. The molecule has 0 radical (unpaired) electrons. The van der Waals surface area contributed by atoms with E-state index < -0.39 is 15.3 Å². The van der Waals surface area contributed by atoms with Crippen molar-refractivity contribution in [2.24, 2.45) is 5.14 Å². The Morgan fingerprint density at radius 2 is 1.53 bits per heavy atom. The molecule has 0 fully saturated rings. The number of carbonyl (C=O) groups excluding carboxylic acids is 1. The Morgan fingerprint density at radius 3 is 2.19 bits per heavy atom. The van der Waals surface area contributed by atoms with Gasteiger partial charge in [0.25, 0.3) is 0 Å². The monoisotopic (exact) mass is 464 g/mol. The van der Waals surface area contributed by atoms with Crippen LogP contribution >= 0.6 is 11.8 Å². The fourth-order valence-corrected chi connectivity index (χ4v) is 4.58. The molecule has 3 N–H and O–H groups in total. The minimum absolute atomic E-state index is 0.0156. The van der Waals surface area contributed by atoms with E-state index in [2.05, 4.69) is 15.5 Å². The molecule has 0 saturated heterocycles. The van der Waals surface area contributed by atoms with Crippen LogP contribution in [0.5, 0.6) is 0 Å². The predicted molar refractivity (Wildman–Crippen MR) is 127 cm³/mol. The van der Waals surface area contributed by atoms with E-state index in [0.29, 0.717) is 10.7 Å². The first-order valence-electron chi connectivity index (χ1n) is 9.74. The second kappa shape index (κ2) is 9.07. The minimum Gasteiger partial charge on any atom is -0.325 e. The molecule has 0 aliphatic rings. The van der Waals surface area contributed by atoms with E-state index in [0.717, 1.165) is 22.0 Å². The second-order valence-electron chi connectivity index (χ2n) is 7.08. The average Bonchev–Trinajstić information content (AvgIpc) is 2.79. The summed E-state index contributed by atoms with van der Waals surface area (Å²) in [5, 5.41) is 18.8. The lowest BCUT2D eigenvalue weighted by Gasteiger charge is -2.14. The lowest BCUT2D eigenvalue weighted by Crippen LogP contribution is -2.22. The van der Waals surface area contributed by atoms with Crippen molar-refractivity contribution in [3.63, 3.8) is 0 Å². The zero-order valence-corrected chi connectivity index (χ0v) is 18.7. The number of hydrogen-bond donors (Lipinski definition) is 2. The predicted octanol–water partition coefficient (Wildman–Crippen LogP) is 4.06. The van der Waals surface area contributed by atoms with E-state index in [1.807, 2.05) is 54.6 Å². The first-order chi connectivity index (χ1) is 15.3. The van der Waals surface area contributed by atoms with Gasteiger partial charge in [0.15, 0.2) is 0 Å². The molecule has 9 heteroatoms. The van der Waals surface area contributed by atoms with Crippen LogP contribution in [0.15, 0.2) is 88.8 Å². The number of nitrogens with one attached hydrogen (secondary N) is 1. The third-order valence-corrected chi connectivity index (χ3v) is 6.83. The molecule has 3 aromatic carbocycles. The SMILES string of the molecule is C[C@H](Sc1nnc(-c2ccccc2)c2ccccc12)C(=O)Nc1ccc(S(N)(=O)=O)cc1. The molecular formula is C23H20N4O3S2. The van der Waals surface area contributed by atoms with Gasteiger partial charge in [-0.3, -0.25) is 4.79 Å². The largest absolute Gasteiger partial charge is 0.325 e. The number of sulfonamides is 1. The molecule has 1 aromatic heterocycles. The fraction of sp³-hybridized carbons (Fsp3) is 0.0870. The van der Waals surface area contributed by atoms with Gasteiger partial charge in [0.1, 0.15) is 10.7 Å². The van der Waals surface area contributed by atoms with Gasteiger partial charge in [-0.25, -0.2) is 13.6 Å². The highest BCUT2D eigenvalue weighted by atomic mass is 32.2. The summed E-state index contributed by atoms with van der Waals surface area (Å²) in [5.41, 5.74) is 2.24. The van der Waals surface area contributed by atoms with Crippen molar-refractivity contribution in [3.05, 3.63) is 78.9 Å². The Balaban J connectivity index is 1.55. The van der Waals surface area contributed by atoms with Crippen LogP contribution < -0.4 is 10.5 Å². The molecule has 0 bridgehead atoms. The lowest BCUT2D eigenvalue weighted by molar-refractivity contribution is -0.115. The van der Waals surface area contributed by atoms with Gasteiger partial charge in [0.2, 0.25) is 15.9 Å². The maximum atomic E-state index is 12.7. The molecule has 0 saturated carbocycles. The highest BCUT2D eigenvalue weighted by Crippen LogP contribution is 2.33. The number of nitrogens with zero attached hydrogens (tertiary/aromatic N) is 2. The van der Waals surface area contributed by atoms with Crippen LogP contribution in [0.4, 0.5) is 5.69 Å². The number of carbonyl (C=O) groups is 1. The summed E-state index contributed by atoms with van der Waals surface area (Å²) in [6.45, 7) is 1.78. The van der Waals surface area contributed by atoms with Crippen LogP contribution in [0, 0.1) is 0 Å². The van der Waals surface area contributed by atoms with Crippen LogP contribution in [-0.2, 0) is 14.8 Å². The molecule has 1 atom stereocenters. The highest BCUT2D eigenvalue weighted by molar-refractivity contribution is 8.00. The van der Waals surface area contributed by atoms with Crippen molar-refractivity contribution in [3.8, 4) is 11.3 Å². The van der Waals surface area contributed by atoms with Gasteiger partial charge in [-0.2, -0.15) is 0 Å². The summed E-state index contributed by atoms with van der Waals surface area (Å²) in [6.07, 6.45) is 0. The number of benzene rings is 3. The molecule has 4 aromatic rings. The normalized spacial score (nSPS) is 12.4. The van der Waals surface area contributed by atoms with E-state index in [-0.39, 0.29) is 10.8 Å². The van der Waals surface area contributed by atoms with Crippen LogP contribution in [-0.4, -0.2) is 29.8 Å². The van der Waals surface area contributed by atoms with Crippen molar-refractivity contribution in [2.45, 2.75) is 22.1 Å². The van der Waals surface area contributed by atoms with Gasteiger partial charge < -0.3 is 5.32 Å². The Bertz CT molecular complexity index is 1380. The number of fused-ring (bicyclic) bond motifs is 1. The summed E-state index contributed by atoms with van der Waals surface area (Å²) in [7, 11) is -3.78. The Morgan fingerprint density at radius 1 is 0.906 bits per heavy atom. The minimum atomic E-state index is -3.78. The van der Waals surface area contributed by atoms with E-state index >= 15 is 0 Å². The van der Waals surface area contributed by atoms with E-state index in [9.17, 15) is 13.2 Å². The van der Waals surface area contributed by atoms with Gasteiger partial charge in [0, 0.05) is 22.0 Å². The maximum absolute atomic E-state index is 12.7. The number of aromatic nitrogens is 2. The molecule has 1 amide bonds. The molecule has 7 nitrogen and oxygen atoms in total. The molecule has 32 heavy (non-hydrogen) atoms. The second-order valence-corrected chi connectivity index (χ2v) is 9.98. The molecule has 0 aliphatic carbocycles. The Kier molecular flexibility index (Phi) is 6.22. The first-order valence-corrected chi connectivity index (χ1v) is 12.2. The fourth-order valence-electron chi connectivity index (χ4n) is 3.17. The number of hydrogen-bond acceptors (Lipinski definition) is 6. The van der Waals surface area contributed by atoms with Crippen molar-refractivity contribution < 1.29 is 13.2 Å². The van der Waals surface area contributed by atoms with Crippen molar-refractivity contribution in [2.75, 3.05) is 5.32 Å². The third kappa shape index (κ3) is 4.80. The van der Waals surface area contributed by atoms with Gasteiger partial charge >= 0.3 is 0 Å². The summed E-state index contributed by atoms with van der Waals surface area (Å²) in [6, 6.07) is 23.4. The zero-order valence-electron chi connectivity index (χ0n) is 17.1. The van der Waals surface area contributed by atoms with Crippen LogP contribution in [0.1, 0.15) is 6.92 Å². The molecular weight excluding hydrogens is 444 g/mol. The number of nitrogens with two attached hydrogens (primary N) is 1. The number of anilines is 1. The van der Waals surface area contributed by atoms with Gasteiger partial charge in [-0.1, -0.05) is 66.4 Å². The standard InChI is InChI=1S/C23H20N4O3S2/c1-15(22(28)25-17-11-13-18(14-12-17)32(24,29)30)31-23-20-10-6-5-9-19(20)21(26-27-23)16-7-3-2-4-8-16/h2-15H,1H3,(H,25,28)(H2,24,29,30)/t15-/m0/s1. The average molecular weight is 465 g/mol. The number of rotatable bonds is 6. The smallest absolute Gasteiger partial charge is 0.238 e. The van der Waals surface area contributed by atoms with Crippen LogP contribution in [0.2, 0.25) is 0 Å². The Labute approximate surface area is 190 Å². The first kappa shape index (κ1) is 21.9. The molecule has 0 aliphatic heterocycles. The summed E-state index contributed by atoms with van der Waals surface area (Å²) in [4.78, 5) is 12.7. The summed E-state index contributed by atoms with van der Waals surface area (Å²) >= 11 is 1.31. The van der Waals surface area contributed by atoms with E-state index in [4.69, 9.17) is 5.14 Å². The lowest BCUT2D eigenvalue weighted by atomic mass is 10.1. The van der Waals surface area contributed by atoms with Crippen LogP contribution in [0.3, 0.4) is 0 Å². The maximum Gasteiger partial charge on any atom is 0.238 e. The molecule has 0 spiro atoms. The number of primary sulfonamides is 1. The zero-order chi connectivity index (χ0) is 22.7. The van der Waals surface area contributed by atoms with Crippen molar-refractivity contribution in [1.29, 1.82) is 0 Å². The van der Waals surface area contributed by atoms with E-state index in [1.165, 1.54) is 36.0 Å². The topological polar surface area (TPSA) is 115 Å². The molecule has 1 heterocycles. The quantitative estimate of drug-likeness (QED) is 0.416. The Hall–Kier alpha value is -3.27. The van der Waals surface area contributed by atoms with Gasteiger partial charge in [0.05, 0.1) is 10.1 Å². The molecule has 0 unspecified atom stereocenters. The third-order valence-electron chi connectivity index (χ3n) is 4.81.